The van der Waals surface area contributed by atoms with Gasteiger partial charge in [-0.05, 0) is 109 Å². The van der Waals surface area contributed by atoms with Gasteiger partial charge in [0.2, 0.25) is 0 Å². The lowest BCUT2D eigenvalue weighted by Crippen LogP contribution is -2.30. The van der Waals surface area contributed by atoms with Crippen LogP contribution in [0.2, 0.25) is 0 Å². The molecule has 6 nitrogen and oxygen atoms in total. The third kappa shape index (κ3) is 55.5. The molecule has 1 atom stereocenters. The number of esters is 3. The number of rotatable bonds is 53. The maximum Gasteiger partial charge on any atom is 0.306 e. The van der Waals surface area contributed by atoms with Gasteiger partial charge >= 0.3 is 17.9 Å². The summed E-state index contributed by atoms with van der Waals surface area (Å²) < 4.78 is 16.9. The number of hydrogen-bond donors (Lipinski definition) is 0. The zero-order valence-corrected chi connectivity index (χ0v) is 46.0. The number of unbranched alkanes of at least 4 members (excludes halogenated alkanes) is 28. The average Bonchev–Trinajstić information content (AvgIpc) is 3.36. The van der Waals surface area contributed by atoms with Crippen LogP contribution < -0.4 is 0 Å². The highest BCUT2D eigenvalue weighted by molar-refractivity contribution is 5.71. The predicted octanol–water partition coefficient (Wildman–Crippen LogP) is 19.9. The van der Waals surface area contributed by atoms with E-state index in [1.54, 1.807) is 0 Å². The van der Waals surface area contributed by atoms with Crippen molar-refractivity contribution in [1.29, 1.82) is 0 Å². The summed E-state index contributed by atoms with van der Waals surface area (Å²) in [5.41, 5.74) is 0. The van der Waals surface area contributed by atoms with Gasteiger partial charge in [-0.3, -0.25) is 14.4 Å². The molecule has 0 aromatic heterocycles. The highest BCUT2D eigenvalue weighted by Crippen LogP contribution is 2.15. The van der Waals surface area contributed by atoms with E-state index in [2.05, 4.69) is 106 Å². The Morgan fingerprint density at radius 3 is 0.943 bits per heavy atom. The first-order valence-electron chi connectivity index (χ1n) is 29.6. The Morgan fingerprint density at radius 2 is 0.586 bits per heavy atom. The molecular formula is C64H110O6. The normalized spacial score (nSPS) is 12.7. The fourth-order valence-electron chi connectivity index (χ4n) is 8.17. The van der Waals surface area contributed by atoms with E-state index in [1.807, 2.05) is 0 Å². The molecule has 0 fully saturated rings. The Balaban J connectivity index is 4.29. The van der Waals surface area contributed by atoms with Crippen LogP contribution in [0.1, 0.15) is 284 Å². The lowest BCUT2D eigenvalue weighted by Gasteiger charge is -2.18. The summed E-state index contributed by atoms with van der Waals surface area (Å²) in [7, 11) is 0. The summed E-state index contributed by atoms with van der Waals surface area (Å²) in [6.45, 7) is 6.45. The largest absolute Gasteiger partial charge is 0.462 e. The predicted molar refractivity (Wildman–Crippen MR) is 302 cm³/mol. The first-order chi connectivity index (χ1) is 34.5. The van der Waals surface area contributed by atoms with Gasteiger partial charge in [0.1, 0.15) is 13.2 Å². The smallest absolute Gasteiger partial charge is 0.306 e. The van der Waals surface area contributed by atoms with Crippen molar-refractivity contribution in [2.75, 3.05) is 13.2 Å². The molecule has 0 amide bonds. The van der Waals surface area contributed by atoms with E-state index in [0.717, 1.165) is 128 Å². The lowest BCUT2D eigenvalue weighted by molar-refractivity contribution is -0.167. The lowest BCUT2D eigenvalue weighted by atomic mass is 10.0. The van der Waals surface area contributed by atoms with E-state index in [0.29, 0.717) is 19.3 Å². The molecule has 0 bridgehead atoms. The number of hydrogen-bond acceptors (Lipinski definition) is 6. The van der Waals surface area contributed by atoms with Crippen LogP contribution in [-0.2, 0) is 28.6 Å². The second-order valence-electron chi connectivity index (χ2n) is 19.5. The third-order valence-corrected chi connectivity index (χ3v) is 12.6. The minimum atomic E-state index is -0.787. The fourth-order valence-corrected chi connectivity index (χ4v) is 8.17. The maximum absolute atomic E-state index is 12.8. The third-order valence-electron chi connectivity index (χ3n) is 12.6. The van der Waals surface area contributed by atoms with Crippen molar-refractivity contribution in [2.45, 2.75) is 290 Å². The number of allylic oxidation sites excluding steroid dienone is 14. The van der Waals surface area contributed by atoms with E-state index in [4.69, 9.17) is 14.2 Å². The van der Waals surface area contributed by atoms with Crippen LogP contribution >= 0.6 is 0 Å². The molecule has 1 unspecified atom stereocenters. The van der Waals surface area contributed by atoms with Gasteiger partial charge in [0.15, 0.2) is 6.10 Å². The standard InChI is InChI=1S/C64H110O6/c1-4-7-10-13-16-19-22-25-27-28-29-30-31-32-33-34-35-36-37-40-42-45-48-51-54-57-63(66)69-60-61(59-68-62(65)56-53-50-47-44-41-38-24-21-18-15-12-9-6-3)70-64(67)58-55-52-49-46-43-39-26-23-20-17-14-11-8-5-2/h7,10,12,15-16,19,21,23-27,29-30,61H,4-6,8-9,11,13-14,17-18,20,22,28,31-60H2,1-3H3/b10-7-,15-12-,19-16-,24-21-,26-23-,27-25-,30-29-. The van der Waals surface area contributed by atoms with E-state index < -0.39 is 6.10 Å². The summed E-state index contributed by atoms with van der Waals surface area (Å²) in [6, 6.07) is 0. The molecule has 402 valence electrons. The molecule has 0 radical (unpaired) electrons. The molecule has 0 saturated heterocycles. The molecule has 0 aromatic rings. The van der Waals surface area contributed by atoms with Gasteiger partial charge in [0.25, 0.3) is 0 Å². The summed E-state index contributed by atoms with van der Waals surface area (Å²) in [5, 5.41) is 0. The van der Waals surface area contributed by atoms with Crippen molar-refractivity contribution in [1.82, 2.24) is 0 Å². The second-order valence-corrected chi connectivity index (χ2v) is 19.5. The van der Waals surface area contributed by atoms with E-state index in [-0.39, 0.29) is 31.1 Å². The summed E-state index contributed by atoms with van der Waals surface area (Å²) in [5.74, 6) is -0.903. The van der Waals surface area contributed by atoms with Crippen LogP contribution in [0.25, 0.3) is 0 Å². The molecular weight excluding hydrogens is 865 g/mol. The highest BCUT2D eigenvalue weighted by Gasteiger charge is 2.19. The molecule has 0 spiro atoms. The molecule has 0 aliphatic heterocycles. The SMILES string of the molecule is CC/C=C\C/C=C\C/C=C\C/C=C\CCCCCCCCCCCCCCC(=O)OCC(COC(=O)CCCCCCC/C=C\C/C=C\CCC)OC(=O)CCCCCCC/C=C\CCCCCCC. The van der Waals surface area contributed by atoms with E-state index in [1.165, 1.54) is 116 Å². The van der Waals surface area contributed by atoms with Crippen molar-refractivity contribution in [3.63, 3.8) is 0 Å². The minimum absolute atomic E-state index is 0.0845. The van der Waals surface area contributed by atoms with Crippen LogP contribution in [0.5, 0.6) is 0 Å². The Labute approximate surface area is 433 Å². The molecule has 0 aromatic carbocycles. The quantitative estimate of drug-likeness (QED) is 0.0261. The topological polar surface area (TPSA) is 78.9 Å². The first-order valence-corrected chi connectivity index (χ1v) is 29.6. The van der Waals surface area contributed by atoms with Crippen LogP contribution in [0.3, 0.4) is 0 Å². The number of carbonyl (C=O) groups is 3. The molecule has 70 heavy (non-hydrogen) atoms. The second kappa shape index (κ2) is 58.2. The molecule has 0 saturated carbocycles. The van der Waals surface area contributed by atoms with Crippen LogP contribution in [0.15, 0.2) is 85.1 Å². The molecule has 0 rings (SSSR count). The summed E-state index contributed by atoms with van der Waals surface area (Å²) in [4.78, 5) is 38.1. The Morgan fingerprint density at radius 1 is 0.300 bits per heavy atom. The Kier molecular flexibility index (Phi) is 55.3. The Hall–Kier alpha value is -3.41. The van der Waals surface area contributed by atoms with Gasteiger partial charge < -0.3 is 14.2 Å². The van der Waals surface area contributed by atoms with Gasteiger partial charge in [0.05, 0.1) is 0 Å². The number of ether oxygens (including phenoxy) is 3. The number of carbonyl (C=O) groups excluding carboxylic acids is 3. The van der Waals surface area contributed by atoms with Gasteiger partial charge in [-0.2, -0.15) is 0 Å². The van der Waals surface area contributed by atoms with E-state index >= 15 is 0 Å². The zero-order chi connectivity index (χ0) is 50.7. The zero-order valence-electron chi connectivity index (χ0n) is 46.0. The summed E-state index contributed by atoms with van der Waals surface area (Å²) in [6.07, 6.45) is 75.8. The van der Waals surface area contributed by atoms with Crippen molar-refractivity contribution in [3.8, 4) is 0 Å². The average molecular weight is 976 g/mol. The fraction of sp³-hybridized carbons (Fsp3) is 0.734. The molecule has 0 aliphatic rings. The molecule has 0 heterocycles. The maximum atomic E-state index is 12.8. The van der Waals surface area contributed by atoms with Gasteiger partial charge in [-0.25, -0.2) is 0 Å². The van der Waals surface area contributed by atoms with Gasteiger partial charge in [0, 0.05) is 19.3 Å². The van der Waals surface area contributed by atoms with Gasteiger partial charge in [-0.15, -0.1) is 0 Å². The van der Waals surface area contributed by atoms with E-state index in [9.17, 15) is 14.4 Å². The van der Waals surface area contributed by atoms with Crippen LogP contribution in [0, 0.1) is 0 Å². The Bertz CT molecular complexity index is 1350. The summed E-state index contributed by atoms with van der Waals surface area (Å²) >= 11 is 0. The molecule has 0 aliphatic carbocycles. The molecule has 6 heteroatoms. The van der Waals surface area contributed by atoms with Crippen molar-refractivity contribution in [3.05, 3.63) is 85.1 Å². The first kappa shape index (κ1) is 66.6. The van der Waals surface area contributed by atoms with Crippen molar-refractivity contribution < 1.29 is 28.6 Å². The van der Waals surface area contributed by atoms with Crippen molar-refractivity contribution in [2.24, 2.45) is 0 Å². The van der Waals surface area contributed by atoms with Crippen LogP contribution in [-0.4, -0.2) is 37.2 Å². The highest BCUT2D eigenvalue weighted by atomic mass is 16.6. The monoisotopic (exact) mass is 975 g/mol. The minimum Gasteiger partial charge on any atom is -0.462 e. The van der Waals surface area contributed by atoms with Crippen LogP contribution in [0.4, 0.5) is 0 Å². The van der Waals surface area contributed by atoms with Gasteiger partial charge in [-0.1, -0.05) is 241 Å². The van der Waals surface area contributed by atoms with Crippen molar-refractivity contribution >= 4 is 17.9 Å². The molecule has 0 N–H and O–H groups in total.